The van der Waals surface area contributed by atoms with Crippen LogP contribution in [0.15, 0.2) is 24.5 Å². The summed E-state index contributed by atoms with van der Waals surface area (Å²) in [6.45, 7) is 4.56. The van der Waals surface area contributed by atoms with Crippen molar-refractivity contribution in [1.82, 2.24) is 15.6 Å². The van der Waals surface area contributed by atoms with E-state index in [1.807, 2.05) is 12.1 Å². The molecule has 0 bridgehead atoms. The van der Waals surface area contributed by atoms with Gasteiger partial charge in [0.15, 0.2) is 0 Å². The standard InChI is InChI=1S/C19H29N3O2/c1-14(2)11-17(22-18(23)16-8-4-3-5-9-16)19(24)21-13-15-7-6-10-20-12-15/h6-7,10,12,14,16-17H,3-5,8-9,11,13H2,1-2H3,(H,21,24)(H,22,23)/t17-/m0/s1. The maximum Gasteiger partial charge on any atom is 0.242 e. The quantitative estimate of drug-likeness (QED) is 0.807. The molecular formula is C19H29N3O2. The minimum atomic E-state index is -0.462. The van der Waals surface area contributed by atoms with Gasteiger partial charge in [-0.1, -0.05) is 39.2 Å². The van der Waals surface area contributed by atoms with Crippen LogP contribution in [0.25, 0.3) is 0 Å². The molecule has 1 saturated carbocycles. The van der Waals surface area contributed by atoms with Crippen molar-refractivity contribution >= 4 is 11.8 Å². The molecule has 1 heterocycles. The van der Waals surface area contributed by atoms with Crippen molar-refractivity contribution in [2.24, 2.45) is 11.8 Å². The van der Waals surface area contributed by atoms with Gasteiger partial charge in [-0.2, -0.15) is 0 Å². The third kappa shape index (κ3) is 5.95. The number of nitrogens with one attached hydrogen (secondary N) is 2. The van der Waals surface area contributed by atoms with E-state index >= 15 is 0 Å². The summed E-state index contributed by atoms with van der Waals surface area (Å²) in [4.78, 5) is 29.0. The number of hydrogen-bond donors (Lipinski definition) is 2. The van der Waals surface area contributed by atoms with E-state index in [1.54, 1.807) is 12.4 Å². The zero-order valence-electron chi connectivity index (χ0n) is 14.8. The third-order valence-corrected chi connectivity index (χ3v) is 4.51. The molecule has 24 heavy (non-hydrogen) atoms. The molecule has 2 N–H and O–H groups in total. The van der Waals surface area contributed by atoms with Gasteiger partial charge in [0, 0.05) is 24.9 Å². The number of pyridine rings is 1. The molecule has 5 heteroatoms. The molecule has 0 unspecified atom stereocenters. The average molecular weight is 331 g/mol. The first-order chi connectivity index (χ1) is 11.6. The number of carbonyl (C=O) groups is 2. The Morgan fingerprint density at radius 3 is 2.62 bits per heavy atom. The Bertz CT molecular complexity index is 525. The molecule has 132 valence electrons. The van der Waals surface area contributed by atoms with Crippen LogP contribution in [0.4, 0.5) is 0 Å². The van der Waals surface area contributed by atoms with Crippen LogP contribution in [-0.4, -0.2) is 22.8 Å². The van der Waals surface area contributed by atoms with E-state index in [-0.39, 0.29) is 17.7 Å². The van der Waals surface area contributed by atoms with Gasteiger partial charge in [0.25, 0.3) is 0 Å². The molecule has 1 fully saturated rings. The number of nitrogens with zero attached hydrogens (tertiary/aromatic N) is 1. The summed E-state index contributed by atoms with van der Waals surface area (Å²) < 4.78 is 0. The Morgan fingerprint density at radius 1 is 1.25 bits per heavy atom. The van der Waals surface area contributed by atoms with E-state index in [0.717, 1.165) is 31.2 Å². The van der Waals surface area contributed by atoms with Crippen LogP contribution < -0.4 is 10.6 Å². The molecule has 5 nitrogen and oxygen atoms in total. The molecule has 1 aliphatic carbocycles. The lowest BCUT2D eigenvalue weighted by atomic mass is 9.88. The van der Waals surface area contributed by atoms with Gasteiger partial charge in [0.1, 0.15) is 6.04 Å². The molecule has 1 aromatic heterocycles. The number of amides is 2. The highest BCUT2D eigenvalue weighted by Crippen LogP contribution is 2.24. The van der Waals surface area contributed by atoms with Crippen molar-refractivity contribution in [3.63, 3.8) is 0 Å². The molecule has 1 aromatic rings. The predicted octanol–water partition coefficient (Wildman–Crippen LogP) is 2.81. The second-order valence-electron chi connectivity index (χ2n) is 7.10. The van der Waals surface area contributed by atoms with Crippen LogP contribution in [0.2, 0.25) is 0 Å². The van der Waals surface area contributed by atoms with Crippen LogP contribution >= 0.6 is 0 Å². The fraction of sp³-hybridized carbons (Fsp3) is 0.632. The number of carbonyl (C=O) groups excluding carboxylic acids is 2. The van der Waals surface area contributed by atoms with E-state index in [0.29, 0.717) is 18.9 Å². The van der Waals surface area contributed by atoms with Crippen LogP contribution in [0, 0.1) is 11.8 Å². The van der Waals surface area contributed by atoms with Crippen LogP contribution in [-0.2, 0) is 16.1 Å². The van der Waals surface area contributed by atoms with Crippen LogP contribution in [0.5, 0.6) is 0 Å². The molecule has 0 spiro atoms. The van der Waals surface area contributed by atoms with Gasteiger partial charge in [-0.05, 0) is 36.8 Å². The summed E-state index contributed by atoms with van der Waals surface area (Å²) in [7, 11) is 0. The summed E-state index contributed by atoms with van der Waals surface area (Å²) in [6.07, 6.45) is 9.41. The monoisotopic (exact) mass is 331 g/mol. The van der Waals surface area contributed by atoms with Crippen LogP contribution in [0.1, 0.15) is 57.9 Å². The minimum absolute atomic E-state index is 0.0388. The van der Waals surface area contributed by atoms with Crippen molar-refractivity contribution in [2.75, 3.05) is 0 Å². The first-order valence-electron chi connectivity index (χ1n) is 9.03. The van der Waals surface area contributed by atoms with Crippen molar-refractivity contribution < 1.29 is 9.59 Å². The smallest absolute Gasteiger partial charge is 0.242 e. The molecule has 1 aliphatic rings. The summed E-state index contributed by atoms with van der Waals surface area (Å²) in [5.41, 5.74) is 0.952. The Balaban J connectivity index is 1.90. The minimum Gasteiger partial charge on any atom is -0.350 e. The van der Waals surface area contributed by atoms with E-state index in [2.05, 4.69) is 29.5 Å². The summed E-state index contributed by atoms with van der Waals surface area (Å²) in [6, 6.07) is 3.31. The van der Waals surface area contributed by atoms with Crippen molar-refractivity contribution in [2.45, 2.75) is 65.0 Å². The number of rotatable bonds is 7. The zero-order valence-corrected chi connectivity index (χ0v) is 14.8. The molecular weight excluding hydrogens is 302 g/mol. The summed E-state index contributed by atoms with van der Waals surface area (Å²) >= 11 is 0. The molecule has 0 saturated heterocycles. The molecule has 2 amide bonds. The maximum absolute atomic E-state index is 12.5. The Labute approximate surface area is 144 Å². The SMILES string of the molecule is CC(C)C[C@H](NC(=O)C1CCCCC1)C(=O)NCc1cccnc1. The second-order valence-corrected chi connectivity index (χ2v) is 7.10. The first kappa shape index (κ1) is 18.4. The molecule has 2 rings (SSSR count). The Kier molecular flexibility index (Phi) is 7.22. The van der Waals surface area contributed by atoms with Crippen molar-refractivity contribution in [3.05, 3.63) is 30.1 Å². The molecule has 0 radical (unpaired) electrons. The lowest BCUT2D eigenvalue weighted by Gasteiger charge is -2.25. The molecule has 0 aliphatic heterocycles. The average Bonchev–Trinajstić information content (AvgIpc) is 2.60. The lowest BCUT2D eigenvalue weighted by molar-refractivity contribution is -0.132. The van der Waals surface area contributed by atoms with Gasteiger partial charge in [-0.25, -0.2) is 0 Å². The van der Waals surface area contributed by atoms with Crippen molar-refractivity contribution in [1.29, 1.82) is 0 Å². The number of hydrogen-bond acceptors (Lipinski definition) is 3. The van der Waals surface area contributed by atoms with E-state index < -0.39 is 6.04 Å². The molecule has 1 atom stereocenters. The lowest BCUT2D eigenvalue weighted by Crippen LogP contribution is -2.49. The van der Waals surface area contributed by atoms with Gasteiger partial charge in [0.05, 0.1) is 0 Å². The summed E-state index contributed by atoms with van der Waals surface area (Å²) in [5, 5.41) is 5.91. The normalized spacial score (nSPS) is 16.6. The highest BCUT2D eigenvalue weighted by Gasteiger charge is 2.27. The Morgan fingerprint density at radius 2 is 2.00 bits per heavy atom. The largest absolute Gasteiger partial charge is 0.350 e. The molecule has 0 aromatic carbocycles. The van der Waals surface area contributed by atoms with Gasteiger partial charge in [0.2, 0.25) is 11.8 Å². The predicted molar refractivity (Wildman–Crippen MR) is 94.0 cm³/mol. The topological polar surface area (TPSA) is 71.1 Å². The fourth-order valence-electron chi connectivity index (χ4n) is 3.17. The summed E-state index contributed by atoms with van der Waals surface area (Å²) in [5.74, 6) is 0.332. The van der Waals surface area contributed by atoms with Crippen molar-refractivity contribution in [3.8, 4) is 0 Å². The van der Waals surface area contributed by atoms with Gasteiger partial charge in [-0.3, -0.25) is 14.6 Å². The van der Waals surface area contributed by atoms with Gasteiger partial charge in [-0.15, -0.1) is 0 Å². The second kappa shape index (κ2) is 9.40. The third-order valence-electron chi connectivity index (χ3n) is 4.51. The van der Waals surface area contributed by atoms with Crippen LogP contribution in [0.3, 0.4) is 0 Å². The van der Waals surface area contributed by atoms with E-state index in [4.69, 9.17) is 0 Å². The van der Waals surface area contributed by atoms with E-state index in [1.165, 1.54) is 6.42 Å². The highest BCUT2D eigenvalue weighted by molar-refractivity contribution is 5.88. The zero-order chi connectivity index (χ0) is 17.4. The van der Waals surface area contributed by atoms with E-state index in [9.17, 15) is 9.59 Å². The Hall–Kier alpha value is -1.91. The maximum atomic E-state index is 12.5. The number of aromatic nitrogens is 1. The first-order valence-corrected chi connectivity index (χ1v) is 9.03. The van der Waals surface area contributed by atoms with Gasteiger partial charge < -0.3 is 10.6 Å². The highest BCUT2D eigenvalue weighted by atomic mass is 16.2. The van der Waals surface area contributed by atoms with Gasteiger partial charge >= 0.3 is 0 Å². The fourth-order valence-corrected chi connectivity index (χ4v) is 3.17.